The van der Waals surface area contributed by atoms with Gasteiger partial charge in [-0.05, 0) is 42.9 Å². The van der Waals surface area contributed by atoms with Crippen LogP contribution in [0.5, 0.6) is 0 Å². The Bertz CT molecular complexity index is 635. The number of piperidine rings is 1. The Labute approximate surface area is 158 Å². The number of carbonyl (C=O) groups is 1. The Balaban J connectivity index is 0.00000105. The number of hydrogen-bond acceptors (Lipinski definition) is 5. The first kappa shape index (κ1) is 22.1. The minimum Gasteiger partial charge on any atom is -0.466 e. The molecule has 1 saturated heterocycles. The highest BCUT2D eigenvalue weighted by molar-refractivity contribution is 6.33. The van der Waals surface area contributed by atoms with Crippen molar-refractivity contribution < 1.29 is 23.5 Å². The molecule has 1 aliphatic rings. The van der Waals surface area contributed by atoms with Crippen LogP contribution >= 0.6 is 11.6 Å². The van der Waals surface area contributed by atoms with Gasteiger partial charge in [-0.2, -0.15) is 9.59 Å². The molecular formula is C19H25ClFNO4. The summed E-state index contributed by atoms with van der Waals surface area (Å²) in [5, 5.41) is 0.435. The predicted molar refractivity (Wildman–Crippen MR) is 96.7 cm³/mol. The number of ether oxygens (including phenoxy) is 1. The van der Waals surface area contributed by atoms with Crippen molar-refractivity contribution in [2.45, 2.75) is 46.0 Å². The van der Waals surface area contributed by atoms with E-state index in [2.05, 4.69) is 0 Å². The van der Waals surface area contributed by atoms with Gasteiger partial charge in [-0.1, -0.05) is 32.4 Å². The van der Waals surface area contributed by atoms with Gasteiger partial charge in [0.2, 0.25) is 0 Å². The third kappa shape index (κ3) is 5.82. The second kappa shape index (κ2) is 9.70. The Morgan fingerprint density at radius 1 is 1.31 bits per heavy atom. The van der Waals surface area contributed by atoms with Crippen LogP contribution < -0.4 is 4.90 Å². The molecule has 144 valence electrons. The zero-order chi connectivity index (χ0) is 19.9. The van der Waals surface area contributed by atoms with E-state index in [-0.39, 0.29) is 29.3 Å². The van der Waals surface area contributed by atoms with Gasteiger partial charge in [0.1, 0.15) is 5.82 Å². The number of hydrogen-bond donors (Lipinski definition) is 0. The number of anilines is 1. The van der Waals surface area contributed by atoms with Crippen LogP contribution in [0.15, 0.2) is 12.1 Å². The van der Waals surface area contributed by atoms with Gasteiger partial charge in [0, 0.05) is 13.1 Å². The molecular weight excluding hydrogens is 361 g/mol. The maximum Gasteiger partial charge on any atom is 0.373 e. The number of esters is 1. The molecule has 7 heteroatoms. The lowest BCUT2D eigenvalue weighted by molar-refractivity contribution is -0.191. The molecule has 26 heavy (non-hydrogen) atoms. The average Bonchev–Trinajstić information content (AvgIpc) is 2.55. The molecule has 0 aliphatic carbocycles. The number of rotatable bonds is 3. The maximum absolute atomic E-state index is 14.6. The number of nitrogens with zero attached hydrogens (tertiary/aromatic N) is 1. The average molecular weight is 386 g/mol. The van der Waals surface area contributed by atoms with E-state index >= 15 is 0 Å². The summed E-state index contributed by atoms with van der Waals surface area (Å²) >= 11 is 6.35. The molecule has 0 saturated carbocycles. The van der Waals surface area contributed by atoms with Gasteiger partial charge in [-0.3, -0.25) is 4.79 Å². The van der Waals surface area contributed by atoms with Crippen molar-refractivity contribution in [3.05, 3.63) is 28.5 Å². The Kier molecular flexibility index (Phi) is 8.25. The van der Waals surface area contributed by atoms with Crippen molar-refractivity contribution >= 4 is 29.4 Å². The van der Waals surface area contributed by atoms with Crippen molar-refractivity contribution in [3.63, 3.8) is 0 Å². The topological polar surface area (TPSA) is 63.7 Å². The molecule has 0 unspecified atom stereocenters. The van der Waals surface area contributed by atoms with Crippen molar-refractivity contribution in [1.29, 1.82) is 0 Å². The van der Waals surface area contributed by atoms with E-state index in [0.29, 0.717) is 43.2 Å². The fourth-order valence-electron chi connectivity index (χ4n) is 2.90. The van der Waals surface area contributed by atoms with Crippen LogP contribution in [0.25, 0.3) is 0 Å². The van der Waals surface area contributed by atoms with Crippen molar-refractivity contribution in [1.82, 2.24) is 0 Å². The lowest BCUT2D eigenvalue weighted by Gasteiger charge is -2.34. The molecule has 1 aromatic rings. The van der Waals surface area contributed by atoms with E-state index < -0.39 is 0 Å². The first-order valence-corrected chi connectivity index (χ1v) is 8.93. The van der Waals surface area contributed by atoms with E-state index in [1.807, 2.05) is 31.7 Å². The fourth-order valence-corrected chi connectivity index (χ4v) is 3.23. The summed E-state index contributed by atoms with van der Waals surface area (Å²) in [5.41, 5.74) is 1.17. The summed E-state index contributed by atoms with van der Waals surface area (Å²) in [7, 11) is 0. The molecule has 1 fully saturated rings. The van der Waals surface area contributed by atoms with Gasteiger partial charge in [0.05, 0.1) is 23.2 Å². The van der Waals surface area contributed by atoms with E-state index in [1.54, 1.807) is 13.0 Å². The molecule has 0 bridgehead atoms. The smallest absolute Gasteiger partial charge is 0.373 e. The van der Waals surface area contributed by atoms with Crippen LogP contribution in [0.1, 0.15) is 46.1 Å². The van der Waals surface area contributed by atoms with Gasteiger partial charge in [0.15, 0.2) is 0 Å². The third-order valence-electron chi connectivity index (χ3n) is 4.31. The third-order valence-corrected chi connectivity index (χ3v) is 4.60. The first-order valence-electron chi connectivity index (χ1n) is 8.56. The summed E-state index contributed by atoms with van der Waals surface area (Å²) in [6.07, 6.45) is 1.57. The molecule has 1 aliphatic heterocycles. The second-order valence-corrected chi connectivity index (χ2v) is 7.54. The van der Waals surface area contributed by atoms with Gasteiger partial charge >= 0.3 is 12.1 Å². The minimum atomic E-state index is -0.294. The van der Waals surface area contributed by atoms with E-state index in [0.717, 1.165) is 5.56 Å². The fraction of sp³-hybridized carbons (Fsp3) is 0.579. The zero-order valence-electron chi connectivity index (χ0n) is 15.6. The molecule has 0 atom stereocenters. The SMILES string of the molecule is CCOC(=O)C1CCN(c2c(F)cc(C(C)(C)C)cc2Cl)CC1.O=C=O. The summed E-state index contributed by atoms with van der Waals surface area (Å²) in [6, 6.07) is 3.41. The van der Waals surface area contributed by atoms with Crippen molar-refractivity contribution in [3.8, 4) is 0 Å². The van der Waals surface area contributed by atoms with Crippen LogP contribution in [0.3, 0.4) is 0 Å². The summed E-state index contributed by atoms with van der Waals surface area (Å²) in [4.78, 5) is 30.0. The second-order valence-electron chi connectivity index (χ2n) is 7.14. The number of benzene rings is 1. The van der Waals surface area contributed by atoms with Crippen LogP contribution in [0.4, 0.5) is 10.1 Å². The van der Waals surface area contributed by atoms with Gasteiger partial charge in [-0.15, -0.1) is 0 Å². The quantitative estimate of drug-likeness (QED) is 0.736. The van der Waals surface area contributed by atoms with E-state index in [1.165, 1.54) is 0 Å². The molecule has 0 N–H and O–H groups in total. The minimum absolute atomic E-state index is 0.0955. The Morgan fingerprint density at radius 2 is 1.85 bits per heavy atom. The standard InChI is InChI=1S/C18H25ClFNO2.CO2/c1-5-23-17(22)12-6-8-21(9-7-12)16-14(19)10-13(11-15(16)20)18(2,3)4;2-1-3/h10-12H,5-9H2,1-4H3;. The Hall–Kier alpha value is -1.91. The Morgan fingerprint density at radius 3 is 2.27 bits per heavy atom. The molecule has 0 radical (unpaired) electrons. The van der Waals surface area contributed by atoms with E-state index in [4.69, 9.17) is 25.9 Å². The maximum atomic E-state index is 14.6. The lowest BCUT2D eigenvalue weighted by Crippen LogP contribution is -2.37. The summed E-state index contributed by atoms with van der Waals surface area (Å²) in [6.45, 7) is 9.50. The van der Waals surface area contributed by atoms with Crippen LogP contribution in [0, 0.1) is 11.7 Å². The highest BCUT2D eigenvalue weighted by Crippen LogP contribution is 2.36. The molecule has 0 aromatic heterocycles. The summed E-state index contributed by atoms with van der Waals surface area (Å²) in [5.74, 6) is -0.541. The van der Waals surface area contributed by atoms with Crippen LogP contribution in [-0.4, -0.2) is 31.8 Å². The molecule has 1 heterocycles. The van der Waals surface area contributed by atoms with Crippen molar-refractivity contribution in [2.24, 2.45) is 5.92 Å². The van der Waals surface area contributed by atoms with Crippen molar-refractivity contribution in [2.75, 3.05) is 24.6 Å². The molecule has 0 amide bonds. The lowest BCUT2D eigenvalue weighted by atomic mass is 9.86. The highest BCUT2D eigenvalue weighted by atomic mass is 35.5. The predicted octanol–water partition coefficient (Wildman–Crippen LogP) is 3.97. The van der Waals surface area contributed by atoms with Crippen LogP contribution in [0.2, 0.25) is 5.02 Å². The largest absolute Gasteiger partial charge is 0.466 e. The molecule has 0 spiro atoms. The summed E-state index contributed by atoms with van der Waals surface area (Å²) < 4.78 is 19.6. The molecule has 1 aromatic carbocycles. The van der Waals surface area contributed by atoms with Gasteiger partial charge in [0.25, 0.3) is 0 Å². The highest BCUT2D eigenvalue weighted by Gasteiger charge is 2.29. The monoisotopic (exact) mass is 385 g/mol. The van der Waals surface area contributed by atoms with Gasteiger partial charge in [-0.25, -0.2) is 4.39 Å². The van der Waals surface area contributed by atoms with Crippen LogP contribution in [-0.2, 0) is 24.5 Å². The first-order chi connectivity index (χ1) is 12.1. The normalized spacial score (nSPS) is 14.9. The van der Waals surface area contributed by atoms with E-state index in [9.17, 15) is 9.18 Å². The van der Waals surface area contributed by atoms with Gasteiger partial charge < -0.3 is 9.64 Å². The zero-order valence-corrected chi connectivity index (χ0v) is 16.4. The number of halogens is 2. The number of carbonyl (C=O) groups excluding carboxylic acids is 3. The molecule has 2 rings (SSSR count). The molecule has 5 nitrogen and oxygen atoms in total.